The van der Waals surface area contributed by atoms with Crippen LogP contribution >= 0.6 is 11.6 Å². The lowest BCUT2D eigenvalue weighted by molar-refractivity contribution is -0.116. The Balaban J connectivity index is 1.78. The summed E-state index contributed by atoms with van der Waals surface area (Å²) in [6.07, 6.45) is 2.26. The Hall–Kier alpha value is -3.39. The second kappa shape index (κ2) is 10.3. The predicted octanol–water partition coefficient (Wildman–Crippen LogP) is 5.87. The molecule has 2 N–H and O–H groups in total. The maximum atomic E-state index is 13.4. The summed E-state index contributed by atoms with van der Waals surface area (Å²) in [6.45, 7) is 7.19. The van der Waals surface area contributed by atoms with E-state index in [1.165, 1.54) is 29.3 Å². The highest BCUT2D eigenvalue weighted by Crippen LogP contribution is 2.31. The Bertz CT molecular complexity index is 1130. The molecule has 1 heterocycles. The Morgan fingerprint density at radius 3 is 2.53 bits per heavy atom. The number of halogens is 2. The number of allylic oxidation sites excluding steroid dienone is 1. The molecule has 1 aliphatic rings. The first-order valence-corrected chi connectivity index (χ1v) is 11.1. The van der Waals surface area contributed by atoms with Crippen LogP contribution in [0, 0.1) is 12.7 Å². The van der Waals surface area contributed by atoms with E-state index in [0.717, 1.165) is 5.56 Å². The van der Waals surface area contributed by atoms with Crippen molar-refractivity contribution in [3.05, 3.63) is 76.2 Å². The summed E-state index contributed by atoms with van der Waals surface area (Å²) < 4.78 is 18.6. The summed E-state index contributed by atoms with van der Waals surface area (Å²) in [5.41, 5.74) is 1.82. The summed E-state index contributed by atoms with van der Waals surface area (Å²) in [6, 6.07) is 8.04. The number of carbonyl (C=O) groups is 3. The largest absolute Gasteiger partial charge is 0.444 e. The van der Waals surface area contributed by atoms with Crippen molar-refractivity contribution in [2.45, 2.75) is 52.3 Å². The van der Waals surface area contributed by atoms with E-state index in [9.17, 15) is 18.8 Å². The minimum absolute atomic E-state index is 0.0835. The number of aryl methyl sites for hydroxylation is 1. The Morgan fingerprint density at radius 2 is 1.88 bits per heavy atom. The number of carbonyl (C=O) groups excluding carboxylic acids is 3. The molecule has 0 saturated carbocycles. The van der Waals surface area contributed by atoms with Gasteiger partial charge in [-0.05, 0) is 74.7 Å². The van der Waals surface area contributed by atoms with Crippen LogP contribution < -0.4 is 10.6 Å². The minimum atomic E-state index is -0.634. The second-order valence-electron chi connectivity index (χ2n) is 9.00. The number of ether oxygens (including phenoxy) is 1. The van der Waals surface area contributed by atoms with E-state index >= 15 is 0 Å². The SMILES string of the molecule is Cc1cc(Cl)c(CNC(=O)OC(C)(C)C)cc1NC(=O)N1C=CC(=O)C[C@H]1c1ccc(F)cc1. The van der Waals surface area contributed by atoms with Gasteiger partial charge in [0.2, 0.25) is 0 Å². The normalized spacial score (nSPS) is 15.8. The van der Waals surface area contributed by atoms with Gasteiger partial charge in [-0.1, -0.05) is 23.7 Å². The van der Waals surface area contributed by atoms with Gasteiger partial charge in [0.05, 0.1) is 6.04 Å². The molecule has 0 aromatic heterocycles. The molecule has 3 rings (SSSR count). The number of urea groups is 1. The summed E-state index contributed by atoms with van der Waals surface area (Å²) in [7, 11) is 0. The first kappa shape index (κ1) is 25.2. The molecule has 0 bridgehead atoms. The maximum Gasteiger partial charge on any atom is 0.407 e. The van der Waals surface area contributed by atoms with Crippen molar-refractivity contribution in [1.82, 2.24) is 10.2 Å². The predicted molar refractivity (Wildman–Crippen MR) is 128 cm³/mol. The number of benzene rings is 2. The van der Waals surface area contributed by atoms with Crippen molar-refractivity contribution in [3.8, 4) is 0 Å². The monoisotopic (exact) mass is 487 g/mol. The average molecular weight is 488 g/mol. The number of alkyl carbamates (subject to hydrolysis) is 1. The third-order valence-electron chi connectivity index (χ3n) is 5.10. The number of nitrogens with one attached hydrogen (secondary N) is 2. The lowest BCUT2D eigenvalue weighted by Gasteiger charge is -2.31. The van der Waals surface area contributed by atoms with Gasteiger partial charge in [0.15, 0.2) is 5.78 Å². The van der Waals surface area contributed by atoms with Gasteiger partial charge in [-0.3, -0.25) is 9.69 Å². The fraction of sp³-hybridized carbons (Fsp3) is 0.320. The molecule has 9 heteroatoms. The Kier molecular flexibility index (Phi) is 7.61. The van der Waals surface area contributed by atoms with Crippen molar-refractivity contribution in [2.75, 3.05) is 5.32 Å². The van der Waals surface area contributed by atoms with E-state index in [1.54, 1.807) is 52.0 Å². The van der Waals surface area contributed by atoms with Gasteiger partial charge in [-0.2, -0.15) is 0 Å². The molecule has 180 valence electrons. The van der Waals surface area contributed by atoms with Crippen LogP contribution in [-0.4, -0.2) is 28.4 Å². The molecule has 0 unspecified atom stereocenters. The Labute approximate surface area is 202 Å². The van der Waals surface area contributed by atoms with E-state index in [1.807, 2.05) is 0 Å². The first-order chi connectivity index (χ1) is 15.9. The molecule has 2 aromatic rings. The molecule has 3 amide bonds. The Morgan fingerprint density at radius 1 is 1.21 bits per heavy atom. The minimum Gasteiger partial charge on any atom is -0.444 e. The lowest BCUT2D eigenvalue weighted by Crippen LogP contribution is -2.37. The summed E-state index contributed by atoms with van der Waals surface area (Å²) >= 11 is 6.34. The van der Waals surface area contributed by atoms with Gasteiger partial charge in [0, 0.05) is 29.9 Å². The summed E-state index contributed by atoms with van der Waals surface area (Å²) in [5, 5.41) is 5.93. The molecule has 0 spiro atoms. The molecule has 1 atom stereocenters. The highest BCUT2D eigenvalue weighted by Gasteiger charge is 2.29. The van der Waals surface area contributed by atoms with Crippen LogP contribution in [0.25, 0.3) is 0 Å². The van der Waals surface area contributed by atoms with Crippen LogP contribution in [0.3, 0.4) is 0 Å². The zero-order valence-corrected chi connectivity index (χ0v) is 20.2. The maximum absolute atomic E-state index is 13.4. The van der Waals surface area contributed by atoms with Gasteiger partial charge in [0.1, 0.15) is 11.4 Å². The first-order valence-electron chi connectivity index (χ1n) is 10.7. The average Bonchev–Trinajstić information content (AvgIpc) is 2.74. The molecule has 0 radical (unpaired) electrons. The molecular weight excluding hydrogens is 461 g/mol. The van der Waals surface area contributed by atoms with Crippen molar-refractivity contribution < 1.29 is 23.5 Å². The number of ketones is 1. The number of nitrogens with zero attached hydrogens (tertiary/aromatic N) is 1. The molecule has 0 saturated heterocycles. The van der Waals surface area contributed by atoms with E-state index in [-0.39, 0.29) is 18.7 Å². The fourth-order valence-corrected chi connectivity index (χ4v) is 3.73. The molecule has 2 aromatic carbocycles. The van der Waals surface area contributed by atoms with Crippen molar-refractivity contribution in [3.63, 3.8) is 0 Å². The van der Waals surface area contributed by atoms with Crippen LogP contribution in [-0.2, 0) is 16.1 Å². The van der Waals surface area contributed by atoms with E-state index in [0.29, 0.717) is 21.8 Å². The van der Waals surface area contributed by atoms with Gasteiger partial charge in [-0.25, -0.2) is 14.0 Å². The van der Waals surface area contributed by atoms with Crippen LogP contribution in [0.1, 0.15) is 49.9 Å². The smallest absolute Gasteiger partial charge is 0.407 e. The lowest BCUT2D eigenvalue weighted by atomic mass is 9.97. The zero-order valence-electron chi connectivity index (χ0n) is 19.4. The van der Waals surface area contributed by atoms with Crippen LogP contribution in [0.5, 0.6) is 0 Å². The molecule has 0 fully saturated rings. The van der Waals surface area contributed by atoms with E-state index in [4.69, 9.17) is 16.3 Å². The number of hydrogen-bond acceptors (Lipinski definition) is 4. The van der Waals surface area contributed by atoms with Crippen molar-refractivity contribution >= 4 is 35.2 Å². The highest BCUT2D eigenvalue weighted by atomic mass is 35.5. The van der Waals surface area contributed by atoms with Crippen LogP contribution in [0.15, 0.2) is 48.7 Å². The summed E-state index contributed by atoms with van der Waals surface area (Å²) in [5.74, 6) is -0.529. The topological polar surface area (TPSA) is 87.7 Å². The van der Waals surface area contributed by atoms with Gasteiger partial charge in [0.25, 0.3) is 0 Å². The van der Waals surface area contributed by atoms with Crippen molar-refractivity contribution in [2.24, 2.45) is 0 Å². The molecule has 34 heavy (non-hydrogen) atoms. The molecule has 0 aliphatic carbocycles. The second-order valence-corrected chi connectivity index (χ2v) is 9.41. The molecule has 1 aliphatic heterocycles. The third kappa shape index (κ3) is 6.57. The fourth-order valence-electron chi connectivity index (χ4n) is 3.45. The molecule has 7 nitrogen and oxygen atoms in total. The standard InChI is InChI=1S/C25H27ClFN3O4/c1-15-11-20(26)17(14-28-24(33)34-25(2,3)4)12-21(15)29-23(32)30-10-9-19(31)13-22(30)16-5-7-18(27)8-6-16/h5-12,22H,13-14H2,1-4H3,(H,28,33)(H,29,32)/t22-/m0/s1. The number of hydrogen-bond donors (Lipinski definition) is 2. The quantitative estimate of drug-likeness (QED) is 0.564. The molecular formula is C25H27ClFN3O4. The van der Waals surface area contributed by atoms with E-state index < -0.39 is 29.6 Å². The number of anilines is 1. The van der Waals surface area contributed by atoms with Crippen LogP contribution in [0.2, 0.25) is 5.02 Å². The highest BCUT2D eigenvalue weighted by molar-refractivity contribution is 6.31. The van der Waals surface area contributed by atoms with Gasteiger partial charge in [-0.15, -0.1) is 0 Å². The van der Waals surface area contributed by atoms with Crippen LogP contribution in [0.4, 0.5) is 19.7 Å². The zero-order chi connectivity index (χ0) is 25.0. The van der Waals surface area contributed by atoms with E-state index in [2.05, 4.69) is 10.6 Å². The third-order valence-corrected chi connectivity index (χ3v) is 5.45. The number of amides is 3. The van der Waals surface area contributed by atoms with Gasteiger partial charge < -0.3 is 15.4 Å². The summed E-state index contributed by atoms with van der Waals surface area (Å²) in [4.78, 5) is 38.6. The van der Waals surface area contributed by atoms with Crippen molar-refractivity contribution in [1.29, 1.82) is 0 Å². The van der Waals surface area contributed by atoms with Gasteiger partial charge >= 0.3 is 12.1 Å². The number of rotatable bonds is 4.